The molecule has 15 heavy (non-hydrogen) atoms. The lowest BCUT2D eigenvalue weighted by molar-refractivity contribution is 1.27. The van der Waals surface area contributed by atoms with Crippen LogP contribution in [0.3, 0.4) is 0 Å². The number of nitrogens with two attached hydrogens (primary N) is 2. The molecule has 0 heterocycles. The minimum absolute atomic E-state index is 0.167. The molecular weight excluding hydrogens is 208 g/mol. The molecule has 0 saturated heterocycles. The number of benzene rings is 2. The van der Waals surface area contributed by atoms with Crippen LogP contribution in [0.1, 0.15) is 0 Å². The third-order valence-electron chi connectivity index (χ3n) is 1.74. The predicted octanol–water partition coefficient (Wildman–Crippen LogP) is 2.87. The first-order chi connectivity index (χ1) is 7.11. The van der Waals surface area contributed by atoms with E-state index < -0.39 is 0 Å². The zero-order valence-corrected chi connectivity index (χ0v) is 9.04. The topological polar surface area (TPSA) is 52.0 Å². The van der Waals surface area contributed by atoms with Crippen LogP contribution < -0.4 is 11.5 Å². The third kappa shape index (κ3) is 3.52. The van der Waals surface area contributed by atoms with Crippen molar-refractivity contribution in [1.82, 2.24) is 0 Å². The summed E-state index contributed by atoms with van der Waals surface area (Å²) in [5, 5.41) is 3.14. The average Bonchev–Trinajstić information content (AvgIpc) is 2.18. The van der Waals surface area contributed by atoms with Crippen LogP contribution in [0.2, 0.25) is 5.02 Å². The zero-order valence-electron chi connectivity index (χ0n) is 8.28. The monoisotopic (exact) mass is 220 g/mol. The Balaban J connectivity index is 0.000000245. The first-order valence-electron chi connectivity index (χ1n) is 4.44. The fourth-order valence-corrected chi connectivity index (χ4v) is 1.43. The largest absolute Gasteiger partial charge is 0.386 e. The molecule has 0 radical (unpaired) electrons. The van der Waals surface area contributed by atoms with Crippen molar-refractivity contribution in [3.05, 3.63) is 59.9 Å². The summed E-state index contributed by atoms with van der Waals surface area (Å²) < 4.78 is 0. The van der Waals surface area contributed by atoms with Crippen LogP contribution >= 0.6 is 11.6 Å². The molecule has 0 fully saturated rings. The van der Waals surface area contributed by atoms with Gasteiger partial charge in [0.25, 0.3) is 0 Å². The third-order valence-corrected chi connectivity index (χ3v) is 2.07. The Morgan fingerprint density at radius 3 is 2.13 bits per heavy atom. The van der Waals surface area contributed by atoms with Crippen LogP contribution in [-0.4, -0.2) is 0 Å². The summed E-state index contributed by atoms with van der Waals surface area (Å²) in [7, 11) is 0. The number of hydrogen-bond donors (Lipinski definition) is 2. The Bertz CT molecular complexity index is 457. The Morgan fingerprint density at radius 2 is 1.53 bits per heavy atom. The molecule has 0 atom stereocenters. The van der Waals surface area contributed by atoms with Crippen molar-refractivity contribution in [3.63, 3.8) is 0 Å². The second-order valence-electron chi connectivity index (χ2n) is 3.04. The van der Waals surface area contributed by atoms with Gasteiger partial charge in [0, 0.05) is 10.4 Å². The fourth-order valence-electron chi connectivity index (χ4n) is 1.19. The van der Waals surface area contributed by atoms with E-state index in [9.17, 15) is 0 Å². The van der Waals surface area contributed by atoms with Gasteiger partial charge in [-0.15, -0.1) is 0 Å². The van der Waals surface area contributed by atoms with Gasteiger partial charge in [-0.3, -0.25) is 0 Å². The van der Waals surface area contributed by atoms with Crippen molar-refractivity contribution >= 4 is 22.4 Å². The zero-order chi connectivity index (χ0) is 11.3. The van der Waals surface area contributed by atoms with Gasteiger partial charge in [0.1, 0.15) is 0 Å². The highest BCUT2D eigenvalue weighted by Crippen LogP contribution is 2.21. The van der Waals surface area contributed by atoms with E-state index in [0.29, 0.717) is 0 Å². The van der Waals surface area contributed by atoms with E-state index in [2.05, 4.69) is 18.7 Å². The fraction of sp³-hybridized carbons (Fsp3) is 0. The molecule has 2 nitrogen and oxygen atoms in total. The maximum absolute atomic E-state index is 5.96. The summed E-state index contributed by atoms with van der Waals surface area (Å²) >= 11 is 5.96. The van der Waals surface area contributed by atoms with Crippen LogP contribution in [-0.2, 0) is 0 Å². The predicted molar refractivity (Wildman–Crippen MR) is 66.5 cm³/mol. The summed E-state index contributed by atoms with van der Waals surface area (Å²) in [6.07, 6.45) is 0. The number of rotatable bonds is 0. The van der Waals surface area contributed by atoms with E-state index in [-0.39, 0.29) is 5.82 Å². The van der Waals surface area contributed by atoms with E-state index in [1.165, 1.54) is 5.39 Å². The lowest BCUT2D eigenvalue weighted by Gasteiger charge is -1.97. The minimum Gasteiger partial charge on any atom is -0.386 e. The molecule has 3 heteroatoms. The highest BCUT2D eigenvalue weighted by atomic mass is 35.5. The molecule has 2 rings (SSSR count). The summed E-state index contributed by atoms with van der Waals surface area (Å²) in [5.74, 6) is 0.167. The van der Waals surface area contributed by atoms with Crippen molar-refractivity contribution in [3.8, 4) is 0 Å². The number of halogens is 1. The van der Waals surface area contributed by atoms with Gasteiger partial charge in [-0.05, 0) is 11.5 Å². The molecule has 0 bridgehead atoms. The van der Waals surface area contributed by atoms with Crippen molar-refractivity contribution < 1.29 is 0 Å². The SMILES string of the molecule is C=C(N)N.Clc1cccc2ccccc12. The summed E-state index contributed by atoms with van der Waals surface area (Å²) in [5.41, 5.74) is 9.39. The van der Waals surface area contributed by atoms with E-state index >= 15 is 0 Å². The van der Waals surface area contributed by atoms with Gasteiger partial charge in [0.2, 0.25) is 0 Å². The quantitative estimate of drug-likeness (QED) is 0.717. The molecule has 0 aliphatic carbocycles. The van der Waals surface area contributed by atoms with Crippen LogP contribution in [0.15, 0.2) is 54.9 Å². The lowest BCUT2D eigenvalue weighted by Crippen LogP contribution is -2.04. The smallest absolute Gasteiger partial charge is 0.0859 e. The van der Waals surface area contributed by atoms with Crippen molar-refractivity contribution in [2.75, 3.05) is 0 Å². The first kappa shape index (κ1) is 11.4. The van der Waals surface area contributed by atoms with Gasteiger partial charge >= 0.3 is 0 Å². The van der Waals surface area contributed by atoms with Gasteiger partial charge < -0.3 is 11.5 Å². The normalized spacial score (nSPS) is 9.13. The molecule has 78 valence electrons. The maximum atomic E-state index is 5.96. The molecule has 0 aliphatic heterocycles. The lowest BCUT2D eigenvalue weighted by atomic mass is 10.1. The highest BCUT2D eigenvalue weighted by molar-refractivity contribution is 6.35. The van der Waals surface area contributed by atoms with Crippen LogP contribution in [0.5, 0.6) is 0 Å². The summed E-state index contributed by atoms with van der Waals surface area (Å²) in [6.45, 7) is 3.11. The second-order valence-corrected chi connectivity index (χ2v) is 3.44. The van der Waals surface area contributed by atoms with Gasteiger partial charge in [0.15, 0.2) is 0 Å². The molecule has 0 aromatic heterocycles. The maximum Gasteiger partial charge on any atom is 0.0859 e. The summed E-state index contributed by atoms with van der Waals surface area (Å²) in [6, 6.07) is 14.0. The first-order valence-corrected chi connectivity index (χ1v) is 4.82. The van der Waals surface area contributed by atoms with Crippen molar-refractivity contribution in [2.24, 2.45) is 11.5 Å². The second kappa shape index (κ2) is 5.27. The Labute approximate surface area is 94.1 Å². The molecule has 2 aromatic rings. The minimum atomic E-state index is 0.167. The van der Waals surface area contributed by atoms with E-state index in [1.54, 1.807) is 0 Å². The van der Waals surface area contributed by atoms with Crippen molar-refractivity contribution in [2.45, 2.75) is 0 Å². The summed E-state index contributed by atoms with van der Waals surface area (Å²) in [4.78, 5) is 0. The Morgan fingerprint density at radius 1 is 1.00 bits per heavy atom. The standard InChI is InChI=1S/C10H7Cl.C2H6N2/c11-10-7-3-5-8-4-1-2-6-9(8)10;1-2(3)4/h1-7H;1,3-4H2. The van der Waals surface area contributed by atoms with E-state index in [4.69, 9.17) is 23.1 Å². The van der Waals surface area contributed by atoms with Gasteiger partial charge in [0.05, 0.1) is 5.82 Å². The molecule has 0 aliphatic rings. The van der Waals surface area contributed by atoms with Crippen LogP contribution in [0.4, 0.5) is 0 Å². The van der Waals surface area contributed by atoms with E-state index in [1.807, 2.05) is 30.3 Å². The Hall–Kier alpha value is -1.67. The molecule has 2 aromatic carbocycles. The molecule has 0 saturated carbocycles. The van der Waals surface area contributed by atoms with E-state index in [0.717, 1.165) is 10.4 Å². The van der Waals surface area contributed by atoms with Gasteiger partial charge in [-0.1, -0.05) is 54.6 Å². The number of hydrogen-bond acceptors (Lipinski definition) is 2. The molecule has 4 N–H and O–H groups in total. The molecule has 0 spiro atoms. The van der Waals surface area contributed by atoms with Crippen molar-refractivity contribution in [1.29, 1.82) is 0 Å². The molecule has 0 unspecified atom stereocenters. The van der Waals surface area contributed by atoms with Gasteiger partial charge in [-0.25, -0.2) is 0 Å². The highest BCUT2D eigenvalue weighted by Gasteiger charge is 1.93. The number of fused-ring (bicyclic) bond motifs is 1. The van der Waals surface area contributed by atoms with Gasteiger partial charge in [-0.2, -0.15) is 0 Å². The van der Waals surface area contributed by atoms with Crippen LogP contribution in [0, 0.1) is 0 Å². The van der Waals surface area contributed by atoms with Crippen LogP contribution in [0.25, 0.3) is 10.8 Å². The molecule has 0 amide bonds. The average molecular weight is 221 g/mol. The Kier molecular flexibility index (Phi) is 4.01. The molecular formula is C12H13ClN2.